The minimum absolute atomic E-state index is 0.550. The molecule has 0 aromatic rings. The van der Waals surface area contributed by atoms with Crippen molar-refractivity contribution in [3.05, 3.63) is 11.6 Å². The summed E-state index contributed by atoms with van der Waals surface area (Å²) in [6.45, 7) is 15.2. The van der Waals surface area contributed by atoms with Gasteiger partial charge in [-0.25, -0.2) is 0 Å². The smallest absolute Gasteiger partial charge is 0.00851 e. The highest BCUT2D eigenvalue weighted by atomic mass is 14.6. The predicted molar refractivity (Wildman–Crippen MR) is 136 cm³/mol. The van der Waals surface area contributed by atoms with E-state index in [0.29, 0.717) is 10.8 Å². The van der Waals surface area contributed by atoms with Gasteiger partial charge in [0.15, 0.2) is 0 Å². The van der Waals surface area contributed by atoms with Crippen LogP contribution in [0.3, 0.4) is 0 Å². The first-order chi connectivity index (χ1) is 14.8. The van der Waals surface area contributed by atoms with Crippen LogP contribution in [0.1, 0.15) is 131 Å². The average Bonchev–Trinajstić information content (AvgIpc) is 3.09. The molecule has 0 amide bonds. The second-order valence-corrected chi connectivity index (χ2v) is 13.5. The quantitative estimate of drug-likeness (QED) is 0.339. The van der Waals surface area contributed by atoms with E-state index in [1.54, 1.807) is 0 Å². The molecule has 3 saturated carbocycles. The zero-order valence-corrected chi connectivity index (χ0v) is 22.0. The van der Waals surface area contributed by atoms with Gasteiger partial charge in [0, 0.05) is 0 Å². The number of unbranched alkanes of at least 4 members (excludes halogenated alkanes) is 1. The zero-order chi connectivity index (χ0) is 22.2. The van der Waals surface area contributed by atoms with Crippen molar-refractivity contribution in [3.63, 3.8) is 0 Å². The molecule has 0 radical (unpaired) electrons. The maximum Gasteiger partial charge on any atom is -0.00851 e. The molecule has 0 aromatic carbocycles. The molecule has 4 rings (SSSR count). The molecule has 3 fully saturated rings. The summed E-state index contributed by atoms with van der Waals surface area (Å²) in [6.07, 6.45) is 23.4. The van der Waals surface area contributed by atoms with E-state index in [-0.39, 0.29) is 0 Å². The van der Waals surface area contributed by atoms with Gasteiger partial charge >= 0.3 is 0 Å². The fourth-order valence-corrected chi connectivity index (χ4v) is 9.50. The Morgan fingerprint density at radius 1 is 0.935 bits per heavy atom. The van der Waals surface area contributed by atoms with Crippen molar-refractivity contribution in [3.8, 4) is 0 Å². The summed E-state index contributed by atoms with van der Waals surface area (Å²) < 4.78 is 0. The van der Waals surface area contributed by atoms with Crippen LogP contribution in [0.5, 0.6) is 0 Å². The van der Waals surface area contributed by atoms with Gasteiger partial charge in [0.2, 0.25) is 0 Å². The lowest BCUT2D eigenvalue weighted by molar-refractivity contribution is -0.0529. The van der Waals surface area contributed by atoms with Crippen molar-refractivity contribution >= 4 is 0 Å². The van der Waals surface area contributed by atoms with Crippen LogP contribution in [0.4, 0.5) is 0 Å². The van der Waals surface area contributed by atoms with Crippen molar-refractivity contribution in [2.45, 2.75) is 131 Å². The van der Waals surface area contributed by atoms with E-state index in [1.165, 1.54) is 89.9 Å². The minimum atomic E-state index is 0.550. The maximum atomic E-state index is 2.80. The molecule has 4 aliphatic carbocycles. The molecule has 0 aromatic heterocycles. The summed E-state index contributed by atoms with van der Waals surface area (Å²) in [5, 5.41) is 0. The number of fused-ring (bicyclic) bond motifs is 5. The molecule has 0 N–H and O–H groups in total. The van der Waals surface area contributed by atoms with Crippen molar-refractivity contribution in [1.82, 2.24) is 0 Å². The lowest BCUT2D eigenvalue weighted by atomic mass is 9.46. The monoisotopic (exact) mass is 426 g/mol. The first-order valence-corrected chi connectivity index (χ1v) is 14.5. The van der Waals surface area contributed by atoms with E-state index in [1.807, 2.05) is 5.57 Å². The maximum absolute atomic E-state index is 2.80. The van der Waals surface area contributed by atoms with Crippen molar-refractivity contribution < 1.29 is 0 Å². The summed E-state index contributed by atoms with van der Waals surface area (Å²) in [5.74, 6) is 6.79. The molecule has 0 saturated heterocycles. The fourth-order valence-electron chi connectivity index (χ4n) is 9.50. The molecular weight excluding hydrogens is 372 g/mol. The lowest BCUT2D eigenvalue weighted by Gasteiger charge is -2.58. The Hall–Kier alpha value is -0.260. The van der Waals surface area contributed by atoms with Crippen molar-refractivity contribution in [1.29, 1.82) is 0 Å². The standard InChI is InChI=1S/C31H54/c1-7-8-12-24-17-19-30(5)25(21-24)13-14-26-28-16-15-27(23(4)11-9-10-22(2)3)31(28,6)20-18-29(26)30/h13,22-24,26-29H,7-12,14-21H2,1-6H3/t23-,24+,26?,27-,28?,29?,30+,31-/m1/s1. The molecular formula is C31H54. The Bertz CT molecular complexity index is 628. The van der Waals surface area contributed by atoms with Gasteiger partial charge in [0.05, 0.1) is 0 Å². The Balaban J connectivity index is 1.45. The Morgan fingerprint density at radius 2 is 1.74 bits per heavy atom. The Labute approximate surface area is 195 Å². The van der Waals surface area contributed by atoms with Crippen LogP contribution in [0.15, 0.2) is 11.6 Å². The van der Waals surface area contributed by atoms with Gasteiger partial charge in [-0.3, -0.25) is 0 Å². The highest BCUT2D eigenvalue weighted by molar-refractivity contribution is 5.25. The molecule has 0 spiro atoms. The second kappa shape index (κ2) is 9.54. The number of rotatable bonds is 8. The van der Waals surface area contributed by atoms with Gasteiger partial charge < -0.3 is 0 Å². The molecule has 178 valence electrons. The molecule has 3 unspecified atom stereocenters. The predicted octanol–water partition coefficient (Wildman–Crippen LogP) is 9.83. The highest BCUT2D eigenvalue weighted by Crippen LogP contribution is 2.67. The van der Waals surface area contributed by atoms with Crippen LogP contribution < -0.4 is 0 Å². The molecule has 0 bridgehead atoms. The van der Waals surface area contributed by atoms with E-state index >= 15 is 0 Å². The van der Waals surface area contributed by atoms with Gasteiger partial charge in [-0.15, -0.1) is 0 Å². The van der Waals surface area contributed by atoms with Gasteiger partial charge in [-0.2, -0.15) is 0 Å². The summed E-state index contributed by atoms with van der Waals surface area (Å²) in [7, 11) is 0. The summed E-state index contributed by atoms with van der Waals surface area (Å²) >= 11 is 0. The lowest BCUT2D eigenvalue weighted by Crippen LogP contribution is -2.50. The fraction of sp³-hybridized carbons (Fsp3) is 0.935. The van der Waals surface area contributed by atoms with Gasteiger partial charge in [0.1, 0.15) is 0 Å². The molecule has 8 atom stereocenters. The van der Waals surface area contributed by atoms with Crippen LogP contribution in [0.25, 0.3) is 0 Å². The highest BCUT2D eigenvalue weighted by Gasteiger charge is 2.59. The normalized spacial score (nSPS) is 43.2. The summed E-state index contributed by atoms with van der Waals surface area (Å²) in [5.41, 5.74) is 3.09. The van der Waals surface area contributed by atoms with Crippen molar-refractivity contribution in [2.75, 3.05) is 0 Å². The average molecular weight is 427 g/mol. The van der Waals surface area contributed by atoms with E-state index in [2.05, 4.69) is 47.6 Å². The second-order valence-electron chi connectivity index (χ2n) is 13.5. The van der Waals surface area contributed by atoms with Crippen LogP contribution in [-0.4, -0.2) is 0 Å². The number of hydrogen-bond acceptors (Lipinski definition) is 0. The minimum Gasteiger partial charge on any atom is -0.0845 e. The molecule has 0 heteroatoms. The third kappa shape index (κ3) is 4.45. The van der Waals surface area contributed by atoms with Gasteiger partial charge in [-0.1, -0.05) is 91.7 Å². The van der Waals surface area contributed by atoms with Gasteiger partial charge in [0.25, 0.3) is 0 Å². The van der Waals surface area contributed by atoms with E-state index in [4.69, 9.17) is 0 Å². The topological polar surface area (TPSA) is 0 Å². The van der Waals surface area contributed by atoms with Gasteiger partial charge in [-0.05, 0) is 104 Å². The first-order valence-electron chi connectivity index (χ1n) is 14.5. The molecule has 0 nitrogen and oxygen atoms in total. The van der Waals surface area contributed by atoms with E-state index in [0.717, 1.165) is 41.4 Å². The van der Waals surface area contributed by atoms with Crippen molar-refractivity contribution in [2.24, 2.45) is 52.3 Å². The SMILES string of the molecule is CCCC[C@H]1CC[C@@]2(C)C(=CCC3C2CC[C@@]2(C)C3CC[C@@H]2[C@H](C)CCCC(C)C)C1. The first kappa shape index (κ1) is 23.9. The third-order valence-electron chi connectivity index (χ3n) is 11.4. The molecule has 0 aliphatic heterocycles. The molecule has 0 heterocycles. The van der Waals surface area contributed by atoms with Crippen LogP contribution >= 0.6 is 0 Å². The Morgan fingerprint density at radius 3 is 2.48 bits per heavy atom. The zero-order valence-electron chi connectivity index (χ0n) is 22.0. The molecule has 4 aliphatic rings. The summed E-state index contributed by atoms with van der Waals surface area (Å²) in [6, 6.07) is 0. The van der Waals surface area contributed by atoms with Crippen LogP contribution in [0.2, 0.25) is 0 Å². The number of allylic oxidation sites excluding steroid dienone is 2. The summed E-state index contributed by atoms with van der Waals surface area (Å²) in [4.78, 5) is 0. The molecule has 31 heavy (non-hydrogen) atoms. The van der Waals surface area contributed by atoms with Crippen LogP contribution in [0, 0.1) is 52.3 Å². The Kier molecular flexibility index (Phi) is 7.35. The largest absolute Gasteiger partial charge is 0.0845 e. The van der Waals surface area contributed by atoms with E-state index in [9.17, 15) is 0 Å². The van der Waals surface area contributed by atoms with E-state index < -0.39 is 0 Å². The third-order valence-corrected chi connectivity index (χ3v) is 11.4. The number of hydrogen-bond donors (Lipinski definition) is 0. The van der Waals surface area contributed by atoms with Crippen LogP contribution in [-0.2, 0) is 0 Å².